The average molecular weight is 164 g/mol. The van der Waals surface area contributed by atoms with Crippen LogP contribution < -0.4 is 10.8 Å². The topological polar surface area (TPSA) is 55.1 Å². The summed E-state index contributed by atoms with van der Waals surface area (Å²) in [4.78, 5) is 10.6. The molecule has 0 rings (SSSR count). The van der Waals surface area contributed by atoms with Gasteiger partial charge in [0.05, 0.1) is 6.54 Å². The average Bonchev–Trinajstić information content (AvgIpc) is 1.93. The first kappa shape index (κ1) is 12.7. The zero-order valence-electron chi connectivity index (χ0n) is 6.68. The van der Waals surface area contributed by atoms with Crippen LogP contribution in [0.2, 0.25) is 0 Å². The van der Waals surface area contributed by atoms with Crippen LogP contribution in [0.3, 0.4) is 0 Å². The molecule has 3 N–H and O–H groups in total. The third-order valence-electron chi connectivity index (χ3n) is 0.828. The zero-order valence-corrected chi connectivity index (χ0v) is 7.84. The van der Waals surface area contributed by atoms with E-state index in [1.807, 2.05) is 6.92 Å². The Bertz CT molecular complexity index is 70.1. The van der Waals surface area contributed by atoms with Crippen LogP contribution in [-0.2, 0) is 4.79 Å². The van der Waals surface area contributed by atoms with E-state index in [0.29, 0.717) is 13.0 Å². The lowest BCUT2D eigenvalue weighted by atomic mass is 10.2. The van der Waals surface area contributed by atoms with Crippen molar-refractivity contribution in [1.82, 2.24) is 5.09 Å². The van der Waals surface area contributed by atoms with E-state index >= 15 is 0 Å². The van der Waals surface area contributed by atoms with E-state index in [4.69, 9.17) is 0 Å². The van der Waals surface area contributed by atoms with Crippen LogP contribution in [-0.4, -0.2) is 19.4 Å². The quantitative estimate of drug-likeness (QED) is 0.588. The minimum absolute atomic E-state index is 0.280. The number of rotatable bonds is 4. The molecule has 0 amide bonds. The molecule has 0 aromatic rings. The van der Waals surface area contributed by atoms with E-state index in [1.165, 1.54) is 7.05 Å². The van der Waals surface area contributed by atoms with E-state index in [0.717, 1.165) is 6.42 Å². The minimum Gasteiger partial charge on any atom is -0.333 e. The molecule has 0 fully saturated rings. The van der Waals surface area contributed by atoms with Gasteiger partial charge in [-0.05, 0) is 13.5 Å². The SMILES string of the molecule is CCCC(=O)CNP.CN. The Kier molecular flexibility index (Phi) is 14.9. The Balaban J connectivity index is 0. The first-order valence-electron chi connectivity index (χ1n) is 3.34. The molecule has 0 bridgehead atoms. The van der Waals surface area contributed by atoms with Crippen molar-refractivity contribution < 1.29 is 4.79 Å². The van der Waals surface area contributed by atoms with Crippen molar-refractivity contribution in [3.8, 4) is 0 Å². The maximum absolute atomic E-state index is 10.6. The Hall–Kier alpha value is 0.0200. The first-order valence-corrected chi connectivity index (χ1v) is 3.92. The van der Waals surface area contributed by atoms with Gasteiger partial charge < -0.3 is 5.73 Å². The monoisotopic (exact) mass is 164 g/mol. The largest absolute Gasteiger partial charge is 0.333 e. The van der Waals surface area contributed by atoms with Crippen LogP contribution in [0.1, 0.15) is 19.8 Å². The lowest BCUT2D eigenvalue weighted by molar-refractivity contribution is -0.117. The van der Waals surface area contributed by atoms with Crippen LogP contribution >= 0.6 is 9.39 Å². The minimum atomic E-state index is 0.280. The van der Waals surface area contributed by atoms with E-state index < -0.39 is 0 Å². The second-order valence-electron chi connectivity index (χ2n) is 1.67. The molecule has 0 heterocycles. The molecule has 0 aromatic heterocycles. The predicted molar refractivity (Wildman–Crippen MR) is 47.7 cm³/mol. The number of nitrogens with two attached hydrogens (primary N) is 1. The molecular formula is C6H17N2OP. The number of hydrogen-bond acceptors (Lipinski definition) is 3. The van der Waals surface area contributed by atoms with Gasteiger partial charge in [-0.1, -0.05) is 16.3 Å². The number of nitrogens with one attached hydrogen (secondary N) is 1. The van der Waals surface area contributed by atoms with E-state index in [-0.39, 0.29) is 5.78 Å². The summed E-state index contributed by atoms with van der Waals surface area (Å²) in [7, 11) is 3.80. The van der Waals surface area contributed by atoms with Crippen molar-refractivity contribution in [2.75, 3.05) is 13.6 Å². The van der Waals surface area contributed by atoms with Crippen molar-refractivity contribution in [2.24, 2.45) is 5.73 Å². The van der Waals surface area contributed by atoms with E-state index in [2.05, 4.69) is 20.2 Å². The lowest BCUT2D eigenvalue weighted by Gasteiger charge is -1.93. The molecule has 0 saturated heterocycles. The van der Waals surface area contributed by atoms with Crippen LogP contribution in [0.15, 0.2) is 0 Å². The van der Waals surface area contributed by atoms with Gasteiger partial charge in [-0.3, -0.25) is 9.88 Å². The Morgan fingerprint density at radius 1 is 1.60 bits per heavy atom. The van der Waals surface area contributed by atoms with E-state index in [9.17, 15) is 4.79 Å². The number of carbonyl (C=O) groups is 1. The third-order valence-corrected chi connectivity index (χ3v) is 1.03. The predicted octanol–water partition coefficient (Wildman–Crippen LogP) is 0.310. The molecule has 3 nitrogen and oxygen atoms in total. The summed E-state index contributed by atoms with van der Waals surface area (Å²) in [6.07, 6.45) is 1.65. The Labute approximate surface area is 65.0 Å². The van der Waals surface area contributed by atoms with Crippen molar-refractivity contribution in [2.45, 2.75) is 19.8 Å². The van der Waals surface area contributed by atoms with Gasteiger partial charge in [0.15, 0.2) is 0 Å². The highest BCUT2D eigenvalue weighted by Crippen LogP contribution is 1.87. The van der Waals surface area contributed by atoms with Gasteiger partial charge in [0.25, 0.3) is 0 Å². The molecule has 4 heteroatoms. The molecule has 1 atom stereocenters. The number of carbonyl (C=O) groups excluding carboxylic acids is 1. The van der Waals surface area contributed by atoms with Crippen molar-refractivity contribution in [1.29, 1.82) is 0 Å². The second-order valence-corrected chi connectivity index (χ2v) is 2.08. The van der Waals surface area contributed by atoms with Crippen molar-refractivity contribution in [3.63, 3.8) is 0 Å². The normalized spacial score (nSPS) is 8.00. The fourth-order valence-electron chi connectivity index (χ4n) is 0.481. The summed E-state index contributed by atoms with van der Waals surface area (Å²) in [6, 6.07) is 0. The van der Waals surface area contributed by atoms with E-state index in [1.54, 1.807) is 0 Å². The van der Waals surface area contributed by atoms with Crippen molar-refractivity contribution >= 4 is 15.2 Å². The molecular weight excluding hydrogens is 147 g/mol. The fourth-order valence-corrected chi connectivity index (χ4v) is 0.709. The second kappa shape index (κ2) is 11.8. The van der Waals surface area contributed by atoms with Crippen molar-refractivity contribution in [3.05, 3.63) is 0 Å². The third kappa shape index (κ3) is 10.9. The number of ketones is 1. The summed E-state index contributed by atoms with van der Waals surface area (Å²) < 4.78 is 0. The summed E-state index contributed by atoms with van der Waals surface area (Å²) in [5.41, 5.74) is 4.50. The molecule has 0 aliphatic rings. The van der Waals surface area contributed by atoms with Gasteiger partial charge in [0.1, 0.15) is 5.78 Å². The molecule has 10 heavy (non-hydrogen) atoms. The molecule has 1 unspecified atom stereocenters. The number of hydrogen-bond donors (Lipinski definition) is 2. The summed E-state index contributed by atoms with van der Waals surface area (Å²) in [5.74, 6) is 0.280. The highest BCUT2D eigenvalue weighted by Gasteiger charge is 1.94. The van der Waals surface area contributed by atoms with Crippen LogP contribution in [0.4, 0.5) is 0 Å². The lowest BCUT2D eigenvalue weighted by Crippen LogP contribution is -2.12. The van der Waals surface area contributed by atoms with Gasteiger partial charge >= 0.3 is 0 Å². The summed E-state index contributed by atoms with van der Waals surface area (Å²) >= 11 is 0. The van der Waals surface area contributed by atoms with Gasteiger partial charge in [0.2, 0.25) is 0 Å². The maximum Gasteiger partial charge on any atom is 0.146 e. The molecule has 0 saturated carbocycles. The Morgan fingerprint density at radius 2 is 2.10 bits per heavy atom. The maximum atomic E-state index is 10.6. The van der Waals surface area contributed by atoms with Gasteiger partial charge in [-0.2, -0.15) is 0 Å². The highest BCUT2D eigenvalue weighted by atomic mass is 31.0. The molecule has 0 aromatic carbocycles. The zero-order chi connectivity index (χ0) is 8.41. The van der Waals surface area contributed by atoms with Crippen LogP contribution in [0, 0.1) is 0 Å². The Morgan fingerprint density at radius 3 is 2.40 bits per heavy atom. The summed E-state index contributed by atoms with van der Waals surface area (Å²) in [6.45, 7) is 2.49. The van der Waals surface area contributed by atoms with Crippen LogP contribution in [0.5, 0.6) is 0 Å². The first-order chi connectivity index (χ1) is 4.81. The summed E-state index contributed by atoms with van der Waals surface area (Å²) in [5, 5.41) is 2.72. The smallest absolute Gasteiger partial charge is 0.146 e. The van der Waals surface area contributed by atoms with Gasteiger partial charge in [-0.25, -0.2) is 0 Å². The molecule has 0 aliphatic heterocycles. The fraction of sp³-hybridized carbons (Fsp3) is 0.833. The molecule has 62 valence electrons. The van der Waals surface area contributed by atoms with Gasteiger partial charge in [0, 0.05) is 6.42 Å². The highest BCUT2D eigenvalue weighted by molar-refractivity contribution is 7.13. The molecule has 0 radical (unpaired) electrons. The van der Waals surface area contributed by atoms with Crippen LogP contribution in [0.25, 0.3) is 0 Å². The standard InChI is InChI=1S/C5H12NOP.CH5N/c1-2-3-5(7)4-6-8;1-2/h6H,2-4,8H2,1H3;2H2,1H3. The van der Waals surface area contributed by atoms with Gasteiger partial charge in [-0.15, -0.1) is 0 Å². The molecule has 0 aliphatic carbocycles. The number of Topliss-reactive ketones (excluding diaryl/α,β-unsaturated/α-hetero) is 1. The molecule has 0 spiro atoms.